The van der Waals surface area contributed by atoms with Crippen molar-refractivity contribution in [3.63, 3.8) is 0 Å². The lowest BCUT2D eigenvalue weighted by Crippen LogP contribution is -2.55. The van der Waals surface area contributed by atoms with Crippen molar-refractivity contribution in [2.24, 2.45) is 0 Å². The number of anilines is 1. The van der Waals surface area contributed by atoms with Crippen LogP contribution in [-0.4, -0.2) is 58.5 Å². The molecule has 8 heteroatoms. The van der Waals surface area contributed by atoms with E-state index in [1.54, 1.807) is 16.7 Å². The van der Waals surface area contributed by atoms with Crippen molar-refractivity contribution in [2.75, 3.05) is 18.0 Å². The number of rotatable bonds is 11. The molecule has 0 N–H and O–H groups in total. The molecule has 1 heterocycles. The molecule has 1 fully saturated rings. The Morgan fingerprint density at radius 2 is 1.62 bits per heavy atom. The van der Waals surface area contributed by atoms with Crippen molar-refractivity contribution in [2.45, 2.75) is 104 Å². The van der Waals surface area contributed by atoms with Gasteiger partial charge in [0.25, 0.3) is 11.8 Å². The second kappa shape index (κ2) is 15.1. The number of hydrogen-bond acceptors (Lipinski definition) is 5. The summed E-state index contributed by atoms with van der Waals surface area (Å²) in [4.78, 5) is 47.2. The summed E-state index contributed by atoms with van der Waals surface area (Å²) in [5.74, 6) is 0.358. The molecule has 5 rings (SSSR count). The van der Waals surface area contributed by atoms with E-state index in [2.05, 4.69) is 13.8 Å². The zero-order valence-electron chi connectivity index (χ0n) is 28.5. The minimum atomic E-state index is -1.07. The van der Waals surface area contributed by atoms with Gasteiger partial charge < -0.3 is 24.2 Å². The van der Waals surface area contributed by atoms with Gasteiger partial charge >= 0.3 is 6.09 Å². The summed E-state index contributed by atoms with van der Waals surface area (Å²) < 4.78 is 12.1. The zero-order valence-corrected chi connectivity index (χ0v) is 28.5. The lowest BCUT2D eigenvalue weighted by Gasteiger charge is -2.42. The van der Waals surface area contributed by atoms with Gasteiger partial charge in [-0.25, -0.2) is 4.79 Å². The maximum absolute atomic E-state index is 14.2. The van der Waals surface area contributed by atoms with Crippen LogP contribution in [0.5, 0.6) is 5.75 Å². The van der Waals surface area contributed by atoms with Crippen LogP contribution >= 0.6 is 0 Å². The van der Waals surface area contributed by atoms with E-state index in [9.17, 15) is 14.4 Å². The maximum Gasteiger partial charge on any atom is 0.410 e. The second-order valence-corrected chi connectivity index (χ2v) is 13.3. The normalized spacial score (nSPS) is 18.0. The Morgan fingerprint density at radius 3 is 2.23 bits per heavy atom. The van der Waals surface area contributed by atoms with Crippen LogP contribution in [0.3, 0.4) is 0 Å². The summed E-state index contributed by atoms with van der Waals surface area (Å²) in [6.07, 6.45) is 5.49. The predicted octanol–water partition coefficient (Wildman–Crippen LogP) is 7.91. The van der Waals surface area contributed by atoms with Crippen LogP contribution in [0.15, 0.2) is 72.8 Å². The van der Waals surface area contributed by atoms with Gasteiger partial charge in [-0.2, -0.15) is 0 Å². The minimum Gasteiger partial charge on any atom is -0.476 e. The molecular formula is C39H49N3O5. The number of ether oxygens (including phenoxy) is 2. The lowest BCUT2D eigenvalue weighted by molar-refractivity contribution is -0.134. The Bertz CT molecular complexity index is 1540. The van der Waals surface area contributed by atoms with Gasteiger partial charge in [0.05, 0.1) is 5.69 Å². The topological polar surface area (TPSA) is 79.4 Å². The fourth-order valence-electron chi connectivity index (χ4n) is 6.71. The highest BCUT2D eigenvalue weighted by Crippen LogP contribution is 2.41. The summed E-state index contributed by atoms with van der Waals surface area (Å²) in [7, 11) is 0. The quantitative estimate of drug-likeness (QED) is 0.213. The Labute approximate surface area is 279 Å². The van der Waals surface area contributed by atoms with E-state index in [0.717, 1.165) is 42.4 Å². The van der Waals surface area contributed by atoms with E-state index in [1.165, 1.54) is 6.42 Å². The molecule has 0 aromatic heterocycles. The van der Waals surface area contributed by atoms with Crippen molar-refractivity contribution in [3.8, 4) is 5.75 Å². The van der Waals surface area contributed by atoms with Crippen molar-refractivity contribution in [1.82, 2.24) is 9.80 Å². The highest BCUT2D eigenvalue weighted by Gasteiger charge is 2.44. The lowest BCUT2D eigenvalue weighted by atomic mass is 9.92. The van der Waals surface area contributed by atoms with E-state index in [0.29, 0.717) is 30.0 Å². The number of benzene rings is 3. The van der Waals surface area contributed by atoms with Gasteiger partial charge in [-0.05, 0) is 75.8 Å². The first-order valence-electron chi connectivity index (χ1n) is 17.1. The summed E-state index contributed by atoms with van der Waals surface area (Å²) in [5.41, 5.74) is 2.73. The molecule has 0 spiro atoms. The summed E-state index contributed by atoms with van der Waals surface area (Å²) >= 11 is 0. The Kier molecular flexibility index (Phi) is 10.9. The van der Waals surface area contributed by atoms with Gasteiger partial charge in [-0.3, -0.25) is 9.59 Å². The molecule has 250 valence electrons. The smallest absolute Gasteiger partial charge is 0.410 e. The molecular weight excluding hydrogens is 590 g/mol. The molecule has 47 heavy (non-hydrogen) atoms. The summed E-state index contributed by atoms with van der Waals surface area (Å²) in [6.45, 7) is 10.7. The van der Waals surface area contributed by atoms with Crippen LogP contribution < -0.4 is 9.64 Å². The fourth-order valence-corrected chi connectivity index (χ4v) is 6.71. The standard InChI is InChI=1S/C39H49N3O5/c1-6-39(5)37(44)41(23-22-40(26-30-16-10-7-11-17-30)38(45)46-27-31-18-12-8-13-19-31)34-25-33(29(4)24-35(34)47-39)36(43)42(28(2)3)32-20-14-9-15-21-32/h7-8,10-13,16-19,24-25,28,32H,6,9,14-15,20-23,26-27H2,1-5H3. The highest BCUT2D eigenvalue weighted by molar-refractivity contribution is 6.05. The first-order valence-corrected chi connectivity index (χ1v) is 17.1. The highest BCUT2D eigenvalue weighted by atomic mass is 16.6. The van der Waals surface area contributed by atoms with Crippen molar-refractivity contribution >= 4 is 23.6 Å². The van der Waals surface area contributed by atoms with Crippen molar-refractivity contribution in [3.05, 3.63) is 95.1 Å². The molecule has 3 amide bonds. The second-order valence-electron chi connectivity index (χ2n) is 13.3. The monoisotopic (exact) mass is 639 g/mol. The van der Waals surface area contributed by atoms with Crippen LogP contribution in [0.4, 0.5) is 10.5 Å². The third-order valence-electron chi connectivity index (χ3n) is 9.57. The number of carbonyl (C=O) groups is 3. The van der Waals surface area contributed by atoms with Crippen molar-refractivity contribution in [1.29, 1.82) is 0 Å². The Morgan fingerprint density at radius 1 is 0.979 bits per heavy atom. The molecule has 0 bridgehead atoms. The number of aryl methyl sites for hydroxylation is 1. The zero-order chi connectivity index (χ0) is 33.6. The minimum absolute atomic E-state index is 0.0152. The molecule has 1 aliphatic carbocycles. The van der Waals surface area contributed by atoms with E-state index in [4.69, 9.17) is 9.47 Å². The first kappa shape index (κ1) is 34.0. The van der Waals surface area contributed by atoms with Gasteiger partial charge in [0.15, 0.2) is 5.60 Å². The molecule has 1 unspecified atom stereocenters. The van der Waals surface area contributed by atoms with Crippen LogP contribution in [0.1, 0.15) is 93.3 Å². The number of carbonyl (C=O) groups excluding carboxylic acids is 3. The summed E-state index contributed by atoms with van der Waals surface area (Å²) in [5, 5.41) is 0. The van der Waals surface area contributed by atoms with Crippen LogP contribution in [-0.2, 0) is 22.7 Å². The number of amides is 3. The predicted molar refractivity (Wildman–Crippen MR) is 185 cm³/mol. The molecule has 1 atom stereocenters. The molecule has 3 aromatic carbocycles. The van der Waals surface area contributed by atoms with E-state index in [1.807, 2.05) is 91.5 Å². The third kappa shape index (κ3) is 7.80. The molecule has 1 saturated carbocycles. The van der Waals surface area contributed by atoms with Gasteiger partial charge in [0, 0.05) is 37.3 Å². The van der Waals surface area contributed by atoms with Crippen LogP contribution in [0, 0.1) is 6.92 Å². The van der Waals surface area contributed by atoms with Gasteiger partial charge in [-0.15, -0.1) is 0 Å². The van der Waals surface area contributed by atoms with Crippen molar-refractivity contribution < 1.29 is 23.9 Å². The molecule has 2 aliphatic rings. The summed E-state index contributed by atoms with van der Waals surface area (Å²) in [6, 6.07) is 23.3. The average Bonchev–Trinajstić information content (AvgIpc) is 3.08. The molecule has 3 aromatic rings. The van der Waals surface area contributed by atoms with Gasteiger partial charge in [0.1, 0.15) is 12.4 Å². The number of fused-ring (bicyclic) bond motifs is 1. The number of hydrogen-bond donors (Lipinski definition) is 0. The Balaban J connectivity index is 1.44. The fraction of sp³-hybridized carbons (Fsp3) is 0.462. The molecule has 1 aliphatic heterocycles. The van der Waals surface area contributed by atoms with Gasteiger partial charge in [0.2, 0.25) is 0 Å². The van der Waals surface area contributed by atoms with E-state index < -0.39 is 11.7 Å². The maximum atomic E-state index is 14.2. The molecule has 8 nitrogen and oxygen atoms in total. The SMILES string of the molecule is CCC1(C)Oc2cc(C)c(C(=O)N(C(C)C)C3CCCCC3)cc2N(CCN(Cc2ccccc2)C(=O)OCc2ccccc2)C1=O. The van der Waals surface area contributed by atoms with Crippen LogP contribution in [0.2, 0.25) is 0 Å². The third-order valence-corrected chi connectivity index (χ3v) is 9.57. The Hall–Kier alpha value is -4.33. The first-order chi connectivity index (χ1) is 22.6. The number of nitrogens with zero attached hydrogens (tertiary/aromatic N) is 3. The molecule has 0 radical (unpaired) electrons. The van der Waals surface area contributed by atoms with E-state index >= 15 is 0 Å². The van der Waals surface area contributed by atoms with Crippen LogP contribution in [0.25, 0.3) is 0 Å². The average molecular weight is 640 g/mol. The largest absolute Gasteiger partial charge is 0.476 e. The van der Waals surface area contributed by atoms with Gasteiger partial charge in [-0.1, -0.05) is 86.8 Å². The van der Waals surface area contributed by atoms with E-state index in [-0.39, 0.29) is 43.6 Å². The molecule has 0 saturated heterocycles.